The van der Waals surface area contributed by atoms with Gasteiger partial charge in [-0.2, -0.15) is 0 Å². The Hall–Kier alpha value is 0.130. The number of hydrogen-bond acceptors (Lipinski definition) is 3. The highest BCUT2D eigenvalue weighted by Crippen LogP contribution is 2.08. The van der Waals surface area contributed by atoms with E-state index in [0.29, 0.717) is 6.54 Å². The van der Waals surface area contributed by atoms with Gasteiger partial charge in [0.1, 0.15) is 0 Å². The van der Waals surface area contributed by atoms with Gasteiger partial charge in [0.2, 0.25) is 0 Å². The molecule has 1 aromatic heterocycles. The van der Waals surface area contributed by atoms with Crippen LogP contribution in [0.3, 0.4) is 0 Å². The lowest BCUT2D eigenvalue weighted by Crippen LogP contribution is -2.17. The van der Waals surface area contributed by atoms with Crippen molar-refractivity contribution in [2.45, 2.75) is 6.54 Å². The Morgan fingerprint density at radius 3 is 2.64 bits per heavy atom. The van der Waals surface area contributed by atoms with E-state index in [0.717, 1.165) is 16.6 Å². The minimum atomic E-state index is 0. The average Bonchev–Trinajstić information content (AvgIpc) is 2.05. The fourth-order valence-electron chi connectivity index (χ4n) is 0.864. The molecule has 0 saturated heterocycles. The number of nitrogens with one attached hydrogen (secondary N) is 1. The fraction of sp³-hybridized carbons (Fsp3) is 0.375. The third-order valence-electron chi connectivity index (χ3n) is 1.38. The molecule has 1 heterocycles. The SMILES string of the molecule is Cl.Cl.OCCNCc1cncc(Br)c1. The van der Waals surface area contributed by atoms with E-state index in [1.165, 1.54) is 0 Å². The number of pyridine rings is 1. The maximum atomic E-state index is 8.51. The third-order valence-corrected chi connectivity index (χ3v) is 1.81. The van der Waals surface area contributed by atoms with Crippen LogP contribution in [0.25, 0.3) is 0 Å². The number of hydrogen-bond donors (Lipinski definition) is 2. The highest BCUT2D eigenvalue weighted by Gasteiger charge is 1.93. The molecule has 0 aromatic carbocycles. The summed E-state index contributed by atoms with van der Waals surface area (Å²) in [5.74, 6) is 0. The molecule has 0 unspecified atom stereocenters. The van der Waals surface area contributed by atoms with Gasteiger partial charge in [0.15, 0.2) is 0 Å². The summed E-state index contributed by atoms with van der Waals surface area (Å²) in [7, 11) is 0. The maximum absolute atomic E-state index is 8.51. The van der Waals surface area contributed by atoms with Crippen LogP contribution in [-0.4, -0.2) is 23.2 Å². The molecule has 6 heteroatoms. The minimum absolute atomic E-state index is 0. The topological polar surface area (TPSA) is 45.1 Å². The van der Waals surface area contributed by atoms with Gasteiger partial charge in [-0.3, -0.25) is 4.98 Å². The van der Waals surface area contributed by atoms with Crippen molar-refractivity contribution in [3.05, 3.63) is 28.5 Å². The van der Waals surface area contributed by atoms with Crippen LogP contribution in [0.2, 0.25) is 0 Å². The molecule has 3 nitrogen and oxygen atoms in total. The zero-order valence-corrected chi connectivity index (χ0v) is 10.7. The normalized spacial score (nSPS) is 8.71. The van der Waals surface area contributed by atoms with E-state index in [2.05, 4.69) is 26.2 Å². The summed E-state index contributed by atoms with van der Waals surface area (Å²) in [6.45, 7) is 1.53. The smallest absolute Gasteiger partial charge is 0.0556 e. The molecule has 82 valence electrons. The van der Waals surface area contributed by atoms with Crippen LogP contribution < -0.4 is 5.32 Å². The molecule has 0 atom stereocenters. The second-order valence-corrected chi connectivity index (χ2v) is 3.33. The summed E-state index contributed by atoms with van der Waals surface area (Å²) >= 11 is 3.33. The average molecular weight is 304 g/mol. The highest BCUT2D eigenvalue weighted by atomic mass is 79.9. The Kier molecular flexibility index (Phi) is 11.4. The minimum Gasteiger partial charge on any atom is -0.395 e. The summed E-state index contributed by atoms with van der Waals surface area (Å²) in [4.78, 5) is 4.01. The van der Waals surface area contributed by atoms with Crippen LogP contribution in [0, 0.1) is 0 Å². The summed E-state index contributed by atoms with van der Waals surface area (Å²) in [5, 5.41) is 11.6. The largest absolute Gasteiger partial charge is 0.395 e. The fourth-order valence-corrected chi connectivity index (χ4v) is 1.28. The standard InChI is InChI=1S/C8H11BrN2O.2ClH/c9-8-3-7(5-11-6-8)4-10-1-2-12;;/h3,5-6,10,12H,1-2,4H2;2*1H. The third kappa shape index (κ3) is 6.56. The quantitative estimate of drug-likeness (QED) is 0.833. The van der Waals surface area contributed by atoms with Crippen LogP contribution in [0.1, 0.15) is 5.56 Å². The Bertz CT molecular complexity index is 251. The Labute approximate surface area is 104 Å². The Balaban J connectivity index is 0. The summed E-state index contributed by atoms with van der Waals surface area (Å²) in [5.41, 5.74) is 1.11. The molecule has 0 amide bonds. The lowest BCUT2D eigenvalue weighted by molar-refractivity contribution is 0.292. The van der Waals surface area contributed by atoms with Crippen molar-refractivity contribution < 1.29 is 5.11 Å². The molecule has 1 aromatic rings. The molecule has 0 aliphatic rings. The van der Waals surface area contributed by atoms with Crippen molar-refractivity contribution in [3.8, 4) is 0 Å². The van der Waals surface area contributed by atoms with E-state index in [-0.39, 0.29) is 31.4 Å². The molecule has 0 fully saturated rings. The molecule has 2 N–H and O–H groups in total. The Morgan fingerprint density at radius 2 is 2.07 bits per heavy atom. The summed E-state index contributed by atoms with van der Waals surface area (Å²) in [6, 6.07) is 2.00. The number of aliphatic hydroxyl groups is 1. The second kappa shape index (κ2) is 9.68. The van der Waals surface area contributed by atoms with Gasteiger partial charge >= 0.3 is 0 Å². The monoisotopic (exact) mass is 302 g/mol. The van der Waals surface area contributed by atoms with Crippen LogP contribution >= 0.6 is 40.7 Å². The van der Waals surface area contributed by atoms with Crippen molar-refractivity contribution in [3.63, 3.8) is 0 Å². The van der Waals surface area contributed by atoms with Crippen molar-refractivity contribution in [1.29, 1.82) is 0 Å². The van der Waals surface area contributed by atoms with E-state index in [9.17, 15) is 0 Å². The van der Waals surface area contributed by atoms with Crippen LogP contribution in [-0.2, 0) is 6.54 Å². The first kappa shape index (κ1) is 16.6. The second-order valence-electron chi connectivity index (χ2n) is 2.41. The number of rotatable bonds is 4. The van der Waals surface area contributed by atoms with Gasteiger partial charge < -0.3 is 10.4 Å². The van der Waals surface area contributed by atoms with Gasteiger partial charge in [-0.15, -0.1) is 24.8 Å². The predicted molar refractivity (Wildman–Crippen MR) is 65.2 cm³/mol. The molecule has 0 aliphatic carbocycles. The highest BCUT2D eigenvalue weighted by molar-refractivity contribution is 9.10. The molecule has 0 bridgehead atoms. The predicted octanol–water partition coefficient (Wildman–Crippen LogP) is 1.77. The lowest BCUT2D eigenvalue weighted by Gasteiger charge is -2.01. The van der Waals surface area contributed by atoms with Crippen molar-refractivity contribution >= 4 is 40.7 Å². The van der Waals surface area contributed by atoms with Crippen LogP contribution in [0.5, 0.6) is 0 Å². The molecule has 14 heavy (non-hydrogen) atoms. The molecule has 0 aliphatic heterocycles. The van der Waals surface area contributed by atoms with Gasteiger partial charge in [0.25, 0.3) is 0 Å². The maximum Gasteiger partial charge on any atom is 0.0556 e. The molecular weight excluding hydrogens is 291 g/mol. The zero-order valence-electron chi connectivity index (χ0n) is 7.44. The van der Waals surface area contributed by atoms with Crippen LogP contribution in [0.4, 0.5) is 0 Å². The number of nitrogens with zero attached hydrogens (tertiary/aromatic N) is 1. The molecule has 0 spiro atoms. The van der Waals surface area contributed by atoms with Crippen molar-refractivity contribution in [2.24, 2.45) is 0 Å². The zero-order chi connectivity index (χ0) is 8.81. The number of halogens is 3. The van der Waals surface area contributed by atoms with E-state index >= 15 is 0 Å². The van der Waals surface area contributed by atoms with E-state index < -0.39 is 0 Å². The Morgan fingerprint density at radius 1 is 1.36 bits per heavy atom. The van der Waals surface area contributed by atoms with E-state index in [1.807, 2.05) is 6.07 Å². The van der Waals surface area contributed by atoms with Gasteiger partial charge in [0.05, 0.1) is 6.61 Å². The summed E-state index contributed by atoms with van der Waals surface area (Å²) < 4.78 is 0.978. The van der Waals surface area contributed by atoms with Gasteiger partial charge in [-0.1, -0.05) is 0 Å². The van der Waals surface area contributed by atoms with E-state index in [1.54, 1.807) is 12.4 Å². The summed E-state index contributed by atoms with van der Waals surface area (Å²) in [6.07, 6.45) is 3.55. The first-order valence-corrected chi connectivity index (χ1v) is 4.53. The molecule has 0 saturated carbocycles. The van der Waals surface area contributed by atoms with Gasteiger partial charge in [-0.25, -0.2) is 0 Å². The van der Waals surface area contributed by atoms with Crippen LogP contribution in [0.15, 0.2) is 22.9 Å². The number of aliphatic hydroxyl groups excluding tert-OH is 1. The van der Waals surface area contributed by atoms with Gasteiger partial charge in [0, 0.05) is 30.0 Å². The van der Waals surface area contributed by atoms with Crippen molar-refractivity contribution in [2.75, 3.05) is 13.2 Å². The number of aromatic nitrogens is 1. The van der Waals surface area contributed by atoms with E-state index in [4.69, 9.17) is 5.11 Å². The molecule has 1 rings (SSSR count). The lowest BCUT2D eigenvalue weighted by atomic mass is 10.3. The first-order valence-electron chi connectivity index (χ1n) is 3.74. The van der Waals surface area contributed by atoms with Gasteiger partial charge in [-0.05, 0) is 27.6 Å². The molecular formula is C8H13BrCl2N2O. The van der Waals surface area contributed by atoms with Crippen molar-refractivity contribution in [1.82, 2.24) is 10.3 Å². The first-order chi connectivity index (χ1) is 5.83. The molecule has 0 radical (unpaired) electrons.